The van der Waals surface area contributed by atoms with Crippen LogP contribution >= 0.6 is 0 Å². The van der Waals surface area contributed by atoms with E-state index in [2.05, 4.69) is 6.07 Å². The van der Waals surface area contributed by atoms with Crippen molar-refractivity contribution in [2.24, 2.45) is 0 Å². The lowest BCUT2D eigenvalue weighted by atomic mass is 10.1. The highest BCUT2D eigenvalue weighted by Crippen LogP contribution is 2.24. The van der Waals surface area contributed by atoms with Crippen molar-refractivity contribution in [2.45, 2.75) is 26.8 Å². The fourth-order valence-corrected chi connectivity index (χ4v) is 3.43. The van der Waals surface area contributed by atoms with Crippen molar-refractivity contribution in [2.75, 3.05) is 25.1 Å². The summed E-state index contributed by atoms with van der Waals surface area (Å²) >= 11 is 0. The molecule has 1 saturated heterocycles. The van der Waals surface area contributed by atoms with Crippen molar-refractivity contribution in [1.29, 1.82) is 0 Å². The van der Waals surface area contributed by atoms with Gasteiger partial charge in [-0.3, -0.25) is 9.59 Å². The van der Waals surface area contributed by atoms with Crippen LogP contribution in [0.5, 0.6) is 5.75 Å². The Hall–Kier alpha value is -2.82. The number of amides is 2. The molecule has 5 heteroatoms. The van der Waals surface area contributed by atoms with E-state index in [1.54, 1.807) is 48.1 Å². The molecule has 26 heavy (non-hydrogen) atoms. The Bertz CT molecular complexity index is 827. The molecule has 1 atom stereocenters. The first-order valence-electron chi connectivity index (χ1n) is 8.75. The van der Waals surface area contributed by atoms with Crippen LogP contribution in [-0.4, -0.2) is 43.0 Å². The molecular formula is C21H24N2O3. The summed E-state index contributed by atoms with van der Waals surface area (Å²) in [5.74, 6) is 0.422. The number of piperazine rings is 1. The monoisotopic (exact) mass is 352 g/mol. The summed E-state index contributed by atoms with van der Waals surface area (Å²) in [7, 11) is 1.57. The van der Waals surface area contributed by atoms with Crippen LogP contribution in [0.2, 0.25) is 0 Å². The molecule has 136 valence electrons. The Morgan fingerprint density at radius 2 is 1.77 bits per heavy atom. The predicted octanol–water partition coefficient (Wildman–Crippen LogP) is 3.19. The Kier molecular flexibility index (Phi) is 4.98. The Balaban J connectivity index is 1.82. The van der Waals surface area contributed by atoms with Crippen molar-refractivity contribution in [3.8, 4) is 5.75 Å². The van der Waals surface area contributed by atoms with E-state index in [-0.39, 0.29) is 11.8 Å². The van der Waals surface area contributed by atoms with Gasteiger partial charge in [-0.25, -0.2) is 0 Å². The molecule has 0 aliphatic carbocycles. The number of rotatable bonds is 3. The van der Waals surface area contributed by atoms with E-state index in [4.69, 9.17) is 4.74 Å². The molecule has 1 heterocycles. The van der Waals surface area contributed by atoms with Gasteiger partial charge in [0, 0.05) is 24.3 Å². The van der Waals surface area contributed by atoms with E-state index in [9.17, 15) is 9.59 Å². The van der Waals surface area contributed by atoms with Crippen LogP contribution in [-0.2, 0) is 4.79 Å². The van der Waals surface area contributed by atoms with Gasteiger partial charge in [0.1, 0.15) is 11.8 Å². The quantitative estimate of drug-likeness (QED) is 0.852. The molecule has 0 aromatic heterocycles. The third kappa shape index (κ3) is 3.43. The second kappa shape index (κ2) is 7.20. The molecule has 2 aromatic carbocycles. The standard InChI is InChI=1S/C21H24N2O3/c1-14-10-15(2)12-18(11-14)23-9-8-22(16(3)20(23)24)21(25)17-6-5-7-19(13-17)26-4/h5-7,10-13,16H,8-9H2,1-4H3. The Morgan fingerprint density at radius 1 is 1.08 bits per heavy atom. The normalized spacial score (nSPS) is 17.4. The minimum Gasteiger partial charge on any atom is -0.497 e. The van der Waals surface area contributed by atoms with Gasteiger partial charge in [-0.15, -0.1) is 0 Å². The summed E-state index contributed by atoms with van der Waals surface area (Å²) in [5, 5.41) is 0. The van der Waals surface area contributed by atoms with Crippen molar-refractivity contribution in [3.05, 3.63) is 59.2 Å². The maximum Gasteiger partial charge on any atom is 0.254 e. The third-order valence-corrected chi connectivity index (χ3v) is 4.75. The lowest BCUT2D eigenvalue weighted by molar-refractivity contribution is -0.124. The second-order valence-corrected chi connectivity index (χ2v) is 6.74. The number of ether oxygens (including phenoxy) is 1. The molecule has 0 radical (unpaired) electrons. The molecule has 0 spiro atoms. The van der Waals surface area contributed by atoms with Crippen molar-refractivity contribution >= 4 is 17.5 Å². The molecule has 1 fully saturated rings. The van der Waals surface area contributed by atoms with E-state index < -0.39 is 6.04 Å². The average molecular weight is 352 g/mol. The highest BCUT2D eigenvalue weighted by Gasteiger charge is 2.35. The topological polar surface area (TPSA) is 49.9 Å². The maximum atomic E-state index is 12.9. The van der Waals surface area contributed by atoms with E-state index in [1.165, 1.54) is 0 Å². The zero-order valence-electron chi connectivity index (χ0n) is 15.7. The SMILES string of the molecule is COc1cccc(C(=O)N2CCN(c3cc(C)cc(C)c3)C(=O)C2C)c1. The lowest BCUT2D eigenvalue weighted by Gasteiger charge is -2.39. The lowest BCUT2D eigenvalue weighted by Crippen LogP contribution is -2.57. The summed E-state index contributed by atoms with van der Waals surface area (Å²) in [6.45, 7) is 6.81. The van der Waals surface area contributed by atoms with E-state index >= 15 is 0 Å². The number of carbonyl (C=O) groups excluding carboxylic acids is 2. The third-order valence-electron chi connectivity index (χ3n) is 4.75. The Labute approximate surface area is 154 Å². The summed E-state index contributed by atoms with van der Waals surface area (Å²) in [5.41, 5.74) is 3.67. The number of nitrogens with zero attached hydrogens (tertiary/aromatic N) is 2. The van der Waals surface area contributed by atoms with Gasteiger partial charge in [-0.2, -0.15) is 0 Å². The van der Waals surface area contributed by atoms with Crippen LogP contribution in [0.4, 0.5) is 5.69 Å². The van der Waals surface area contributed by atoms with Gasteiger partial charge in [0.25, 0.3) is 5.91 Å². The molecule has 5 nitrogen and oxygen atoms in total. The highest BCUT2D eigenvalue weighted by molar-refractivity contribution is 6.03. The first-order chi connectivity index (χ1) is 12.4. The smallest absolute Gasteiger partial charge is 0.254 e. The van der Waals surface area contributed by atoms with Crippen LogP contribution in [0.3, 0.4) is 0 Å². The van der Waals surface area contributed by atoms with Crippen molar-refractivity contribution in [1.82, 2.24) is 4.90 Å². The molecule has 2 aromatic rings. The number of carbonyl (C=O) groups is 2. The maximum absolute atomic E-state index is 12.9. The van der Waals surface area contributed by atoms with Gasteiger partial charge in [0.15, 0.2) is 0 Å². The zero-order chi connectivity index (χ0) is 18.8. The van der Waals surface area contributed by atoms with Gasteiger partial charge in [-0.05, 0) is 62.2 Å². The van der Waals surface area contributed by atoms with Gasteiger partial charge < -0.3 is 14.5 Å². The Morgan fingerprint density at radius 3 is 2.42 bits per heavy atom. The number of anilines is 1. The number of methoxy groups -OCH3 is 1. The van der Waals surface area contributed by atoms with Crippen LogP contribution in [0, 0.1) is 13.8 Å². The molecule has 1 aliphatic rings. The summed E-state index contributed by atoms with van der Waals surface area (Å²) < 4.78 is 5.19. The van der Waals surface area contributed by atoms with Gasteiger partial charge in [0.2, 0.25) is 5.91 Å². The summed E-state index contributed by atoms with van der Waals surface area (Å²) in [4.78, 5) is 29.2. The van der Waals surface area contributed by atoms with Gasteiger partial charge in [-0.1, -0.05) is 12.1 Å². The number of aryl methyl sites for hydroxylation is 2. The molecule has 1 aliphatic heterocycles. The molecule has 3 rings (SSSR count). The fourth-order valence-electron chi connectivity index (χ4n) is 3.43. The summed E-state index contributed by atoms with van der Waals surface area (Å²) in [6, 6.07) is 12.6. The number of hydrogen-bond donors (Lipinski definition) is 0. The van der Waals surface area contributed by atoms with Gasteiger partial charge >= 0.3 is 0 Å². The molecule has 0 saturated carbocycles. The highest BCUT2D eigenvalue weighted by atomic mass is 16.5. The fraction of sp³-hybridized carbons (Fsp3) is 0.333. The van der Waals surface area contributed by atoms with E-state index in [0.717, 1.165) is 16.8 Å². The number of benzene rings is 2. The summed E-state index contributed by atoms with van der Waals surface area (Å²) in [6.07, 6.45) is 0. The first kappa shape index (κ1) is 18.0. The van der Waals surface area contributed by atoms with Crippen molar-refractivity contribution < 1.29 is 14.3 Å². The molecule has 2 amide bonds. The second-order valence-electron chi connectivity index (χ2n) is 6.74. The largest absolute Gasteiger partial charge is 0.497 e. The minimum atomic E-state index is -0.511. The zero-order valence-corrected chi connectivity index (χ0v) is 15.7. The van der Waals surface area contributed by atoms with E-state index in [1.807, 2.05) is 26.0 Å². The first-order valence-corrected chi connectivity index (χ1v) is 8.75. The number of hydrogen-bond acceptors (Lipinski definition) is 3. The molecule has 0 bridgehead atoms. The van der Waals surface area contributed by atoms with Crippen LogP contribution < -0.4 is 9.64 Å². The van der Waals surface area contributed by atoms with E-state index in [0.29, 0.717) is 24.4 Å². The van der Waals surface area contributed by atoms with Crippen LogP contribution in [0.25, 0.3) is 0 Å². The predicted molar refractivity (Wildman–Crippen MR) is 102 cm³/mol. The molecule has 1 unspecified atom stereocenters. The van der Waals surface area contributed by atoms with Crippen LogP contribution in [0.15, 0.2) is 42.5 Å². The van der Waals surface area contributed by atoms with Crippen LogP contribution in [0.1, 0.15) is 28.4 Å². The molecular weight excluding hydrogens is 328 g/mol. The average Bonchev–Trinajstić information content (AvgIpc) is 2.62. The van der Waals surface area contributed by atoms with Gasteiger partial charge in [0.05, 0.1) is 7.11 Å². The minimum absolute atomic E-state index is 0.0579. The van der Waals surface area contributed by atoms with Crippen molar-refractivity contribution in [3.63, 3.8) is 0 Å². The molecule has 0 N–H and O–H groups in total.